The minimum Gasteiger partial charge on any atom is -0.481 e. The highest BCUT2D eigenvalue weighted by Crippen LogP contribution is 2.37. The first-order valence-electron chi connectivity index (χ1n) is 6.65. The van der Waals surface area contributed by atoms with Gasteiger partial charge in [-0.2, -0.15) is 0 Å². The summed E-state index contributed by atoms with van der Waals surface area (Å²) in [4.78, 5) is 10.9. The number of hydrogen-bond donors (Lipinski definition) is 1. The fraction of sp³-hybridized carbons (Fsp3) is 0.929. The van der Waals surface area contributed by atoms with Crippen molar-refractivity contribution >= 4 is 5.97 Å². The summed E-state index contributed by atoms with van der Waals surface area (Å²) in [5, 5.41) is 8.97. The highest BCUT2D eigenvalue weighted by atomic mass is 16.4. The fourth-order valence-electron chi connectivity index (χ4n) is 2.27. The van der Waals surface area contributed by atoms with Gasteiger partial charge in [0.1, 0.15) is 0 Å². The largest absolute Gasteiger partial charge is 0.481 e. The van der Waals surface area contributed by atoms with E-state index < -0.39 is 5.97 Å². The van der Waals surface area contributed by atoms with Crippen LogP contribution in [0.5, 0.6) is 0 Å². The predicted octanol–water partition coefficient (Wildman–Crippen LogP) is 4.48. The van der Waals surface area contributed by atoms with Crippen LogP contribution in [-0.4, -0.2) is 11.1 Å². The Bertz CT molecular complexity index is 197. The van der Waals surface area contributed by atoms with E-state index >= 15 is 0 Å². The number of carboxylic acids is 1. The highest BCUT2D eigenvalue weighted by Gasteiger charge is 2.29. The molecule has 0 spiro atoms. The van der Waals surface area contributed by atoms with Crippen molar-refractivity contribution in [1.82, 2.24) is 0 Å². The SMILES string of the molecule is CCCC[C@@H](CC(=O)O)C(C)(C)CCCC. The summed E-state index contributed by atoms with van der Waals surface area (Å²) in [6.07, 6.45) is 7.22. The third-order valence-electron chi connectivity index (χ3n) is 3.61. The molecule has 16 heavy (non-hydrogen) atoms. The van der Waals surface area contributed by atoms with E-state index in [1.54, 1.807) is 0 Å². The number of aliphatic carboxylic acids is 1. The van der Waals surface area contributed by atoms with Crippen molar-refractivity contribution in [3.8, 4) is 0 Å². The van der Waals surface area contributed by atoms with Gasteiger partial charge < -0.3 is 5.11 Å². The molecule has 0 rings (SSSR count). The van der Waals surface area contributed by atoms with Crippen molar-refractivity contribution in [2.45, 2.75) is 72.6 Å². The Kier molecular flexibility index (Phi) is 7.44. The molecule has 1 N–H and O–H groups in total. The maximum Gasteiger partial charge on any atom is 0.303 e. The minimum absolute atomic E-state index is 0.170. The standard InChI is InChI=1S/C14H28O2/c1-5-7-9-12(11-13(15)16)14(3,4)10-8-6-2/h12H,5-11H2,1-4H3,(H,15,16)/t12-/m0/s1. The Morgan fingerprint density at radius 3 is 2.19 bits per heavy atom. The summed E-state index contributed by atoms with van der Waals surface area (Å²) in [5.74, 6) is -0.317. The first kappa shape index (κ1) is 15.5. The fourth-order valence-corrected chi connectivity index (χ4v) is 2.27. The molecule has 96 valence electrons. The van der Waals surface area contributed by atoms with Crippen LogP contribution in [0.4, 0.5) is 0 Å². The Balaban J connectivity index is 4.38. The Hall–Kier alpha value is -0.530. The van der Waals surface area contributed by atoms with Crippen molar-refractivity contribution in [2.75, 3.05) is 0 Å². The number of rotatable bonds is 9. The summed E-state index contributed by atoms with van der Waals surface area (Å²) in [6, 6.07) is 0. The van der Waals surface area contributed by atoms with Crippen LogP contribution in [0.25, 0.3) is 0 Å². The molecule has 0 heterocycles. The normalized spacial score (nSPS) is 13.8. The zero-order valence-electron chi connectivity index (χ0n) is 11.4. The van der Waals surface area contributed by atoms with E-state index in [4.69, 9.17) is 5.11 Å². The molecule has 0 unspecified atom stereocenters. The molecule has 2 heteroatoms. The highest BCUT2D eigenvalue weighted by molar-refractivity contribution is 5.67. The summed E-state index contributed by atoms with van der Waals surface area (Å²) >= 11 is 0. The maximum absolute atomic E-state index is 10.9. The zero-order valence-corrected chi connectivity index (χ0v) is 11.4. The lowest BCUT2D eigenvalue weighted by molar-refractivity contribution is -0.139. The Labute approximate surface area is 100 Å². The van der Waals surface area contributed by atoms with E-state index in [-0.39, 0.29) is 5.41 Å². The topological polar surface area (TPSA) is 37.3 Å². The molecule has 1 atom stereocenters. The molecule has 0 radical (unpaired) electrons. The number of carboxylic acid groups (broad SMARTS) is 1. The average molecular weight is 228 g/mol. The lowest BCUT2D eigenvalue weighted by Crippen LogP contribution is -2.26. The third kappa shape index (κ3) is 6.14. The first-order chi connectivity index (χ1) is 7.44. The molecule has 0 aliphatic heterocycles. The van der Waals surface area contributed by atoms with Gasteiger partial charge in [-0.05, 0) is 24.2 Å². The summed E-state index contributed by atoms with van der Waals surface area (Å²) in [5.41, 5.74) is 0.170. The van der Waals surface area contributed by atoms with Crippen molar-refractivity contribution in [2.24, 2.45) is 11.3 Å². The van der Waals surface area contributed by atoms with Gasteiger partial charge in [-0.3, -0.25) is 4.79 Å². The van der Waals surface area contributed by atoms with Crippen LogP contribution in [0.1, 0.15) is 72.6 Å². The van der Waals surface area contributed by atoms with Crippen LogP contribution >= 0.6 is 0 Å². The van der Waals surface area contributed by atoms with E-state index in [9.17, 15) is 4.79 Å². The summed E-state index contributed by atoms with van der Waals surface area (Å²) in [6.45, 7) is 8.81. The van der Waals surface area contributed by atoms with Gasteiger partial charge in [0, 0.05) is 6.42 Å². The molecule has 2 nitrogen and oxygen atoms in total. The second-order valence-corrected chi connectivity index (χ2v) is 5.53. The molecule has 0 amide bonds. The van der Waals surface area contributed by atoms with Crippen LogP contribution in [0.2, 0.25) is 0 Å². The van der Waals surface area contributed by atoms with E-state index in [0.717, 1.165) is 25.7 Å². The van der Waals surface area contributed by atoms with Crippen molar-refractivity contribution < 1.29 is 9.90 Å². The summed E-state index contributed by atoms with van der Waals surface area (Å²) in [7, 11) is 0. The molecule has 0 aromatic rings. The smallest absolute Gasteiger partial charge is 0.303 e. The van der Waals surface area contributed by atoms with E-state index in [2.05, 4.69) is 27.7 Å². The summed E-state index contributed by atoms with van der Waals surface area (Å²) < 4.78 is 0. The van der Waals surface area contributed by atoms with E-state index in [1.165, 1.54) is 12.8 Å². The minimum atomic E-state index is -0.648. The second-order valence-electron chi connectivity index (χ2n) is 5.53. The van der Waals surface area contributed by atoms with Gasteiger partial charge in [0.2, 0.25) is 0 Å². The lowest BCUT2D eigenvalue weighted by atomic mass is 9.71. The van der Waals surface area contributed by atoms with Gasteiger partial charge in [-0.1, -0.05) is 53.4 Å². The van der Waals surface area contributed by atoms with Crippen LogP contribution < -0.4 is 0 Å². The first-order valence-corrected chi connectivity index (χ1v) is 6.65. The lowest BCUT2D eigenvalue weighted by Gasteiger charge is -2.34. The van der Waals surface area contributed by atoms with E-state index in [0.29, 0.717) is 12.3 Å². The van der Waals surface area contributed by atoms with Crippen molar-refractivity contribution in [1.29, 1.82) is 0 Å². The number of hydrogen-bond acceptors (Lipinski definition) is 1. The molecule has 0 aliphatic rings. The molecule has 0 saturated heterocycles. The molecule has 0 bridgehead atoms. The van der Waals surface area contributed by atoms with Gasteiger partial charge in [-0.15, -0.1) is 0 Å². The van der Waals surface area contributed by atoms with Crippen molar-refractivity contribution in [3.05, 3.63) is 0 Å². The van der Waals surface area contributed by atoms with Gasteiger partial charge in [0.25, 0.3) is 0 Å². The monoisotopic (exact) mass is 228 g/mol. The molecule has 0 fully saturated rings. The second kappa shape index (κ2) is 7.70. The Morgan fingerprint density at radius 1 is 1.19 bits per heavy atom. The van der Waals surface area contributed by atoms with Gasteiger partial charge in [0.15, 0.2) is 0 Å². The molecule has 0 aliphatic carbocycles. The van der Waals surface area contributed by atoms with Gasteiger partial charge in [0.05, 0.1) is 0 Å². The maximum atomic E-state index is 10.9. The van der Waals surface area contributed by atoms with Gasteiger partial charge in [-0.25, -0.2) is 0 Å². The molecular formula is C14H28O2. The number of carbonyl (C=O) groups is 1. The average Bonchev–Trinajstić information content (AvgIpc) is 2.20. The Morgan fingerprint density at radius 2 is 1.75 bits per heavy atom. The van der Waals surface area contributed by atoms with Crippen LogP contribution in [0.3, 0.4) is 0 Å². The molecule has 0 aromatic carbocycles. The van der Waals surface area contributed by atoms with Crippen LogP contribution in [0, 0.1) is 11.3 Å². The van der Waals surface area contributed by atoms with Crippen LogP contribution in [0.15, 0.2) is 0 Å². The van der Waals surface area contributed by atoms with Gasteiger partial charge >= 0.3 is 5.97 Å². The third-order valence-corrected chi connectivity index (χ3v) is 3.61. The molecular weight excluding hydrogens is 200 g/mol. The van der Waals surface area contributed by atoms with Crippen LogP contribution in [-0.2, 0) is 4.79 Å². The zero-order chi connectivity index (χ0) is 12.6. The van der Waals surface area contributed by atoms with Crippen molar-refractivity contribution in [3.63, 3.8) is 0 Å². The molecule has 0 saturated carbocycles. The predicted molar refractivity (Wildman–Crippen MR) is 68.6 cm³/mol. The quantitative estimate of drug-likeness (QED) is 0.631. The molecule has 0 aromatic heterocycles. The van der Waals surface area contributed by atoms with E-state index in [1.807, 2.05) is 0 Å². The number of unbranched alkanes of at least 4 members (excludes halogenated alkanes) is 2.